The molecule has 0 aromatic heterocycles. The zero-order valence-electron chi connectivity index (χ0n) is 10.9. The maximum absolute atomic E-state index is 6.25. The molecular weight excluding hydrogens is 239 g/mol. The van der Waals surface area contributed by atoms with E-state index in [0.717, 1.165) is 21.2 Å². The molecule has 0 aliphatic heterocycles. The second kappa shape index (κ2) is 4.23. The first-order valence-corrected chi connectivity index (χ1v) is 6.29. The quantitative estimate of drug-likeness (QED) is 0.569. The van der Waals surface area contributed by atoms with Crippen LogP contribution in [0.2, 0.25) is 10.0 Å². The summed E-state index contributed by atoms with van der Waals surface area (Å²) in [5.41, 5.74) is 2.40. The Hall–Kier alpha value is -0.200. The molecule has 0 unspecified atom stereocenters. The van der Waals surface area contributed by atoms with Crippen molar-refractivity contribution in [3.63, 3.8) is 0 Å². The predicted molar refractivity (Wildman–Crippen MR) is 73.9 cm³/mol. The molecule has 1 aromatic rings. The molecule has 0 aliphatic carbocycles. The molecule has 0 bridgehead atoms. The van der Waals surface area contributed by atoms with Gasteiger partial charge in [-0.05, 0) is 28.0 Å². The highest BCUT2D eigenvalue weighted by atomic mass is 35.5. The van der Waals surface area contributed by atoms with E-state index < -0.39 is 0 Å². The summed E-state index contributed by atoms with van der Waals surface area (Å²) in [4.78, 5) is 0. The molecule has 0 saturated heterocycles. The van der Waals surface area contributed by atoms with Gasteiger partial charge in [0.15, 0.2) is 0 Å². The first-order chi connectivity index (χ1) is 7.03. The van der Waals surface area contributed by atoms with Crippen LogP contribution >= 0.6 is 23.2 Å². The fourth-order valence-corrected chi connectivity index (χ4v) is 2.65. The minimum absolute atomic E-state index is 0.0433. The highest BCUT2D eigenvalue weighted by Gasteiger charge is 2.24. The van der Waals surface area contributed by atoms with Crippen molar-refractivity contribution in [3.8, 4) is 0 Å². The molecule has 0 N–H and O–H groups in total. The first kappa shape index (κ1) is 13.9. The van der Waals surface area contributed by atoms with Crippen LogP contribution in [-0.4, -0.2) is 0 Å². The van der Waals surface area contributed by atoms with Crippen LogP contribution in [0.25, 0.3) is 0 Å². The minimum atomic E-state index is 0.0433. The van der Waals surface area contributed by atoms with Gasteiger partial charge < -0.3 is 0 Å². The average molecular weight is 259 g/mol. The largest absolute Gasteiger partial charge is 0.0840 e. The third-order valence-corrected chi connectivity index (χ3v) is 3.30. The smallest absolute Gasteiger partial charge is 0.0458 e. The van der Waals surface area contributed by atoms with Gasteiger partial charge in [0.1, 0.15) is 0 Å². The lowest BCUT2D eigenvalue weighted by Crippen LogP contribution is -2.17. The molecule has 1 aromatic carbocycles. The summed E-state index contributed by atoms with van der Waals surface area (Å²) >= 11 is 12.5. The molecule has 0 spiro atoms. The van der Waals surface area contributed by atoms with E-state index in [1.54, 1.807) is 0 Å². The van der Waals surface area contributed by atoms with Gasteiger partial charge in [-0.25, -0.2) is 0 Å². The monoisotopic (exact) mass is 258 g/mol. The van der Waals surface area contributed by atoms with Gasteiger partial charge in [-0.1, -0.05) is 70.8 Å². The molecule has 0 nitrogen and oxygen atoms in total. The van der Waals surface area contributed by atoms with Crippen molar-refractivity contribution >= 4 is 23.2 Å². The maximum atomic E-state index is 6.25. The third kappa shape index (κ3) is 2.93. The first-order valence-electron chi connectivity index (χ1n) is 5.53. The SMILES string of the molecule is CC(C)(C)c1cc(C(C)(C)C)c(Cl)cc1Cl. The third-order valence-electron chi connectivity index (χ3n) is 2.67. The molecule has 16 heavy (non-hydrogen) atoms. The van der Waals surface area contributed by atoms with E-state index in [1.165, 1.54) is 0 Å². The Balaban J connectivity index is 3.45. The van der Waals surface area contributed by atoms with Crippen molar-refractivity contribution in [2.24, 2.45) is 0 Å². The summed E-state index contributed by atoms with van der Waals surface area (Å²) in [5.74, 6) is 0. The molecule has 0 aliphatic rings. The number of benzene rings is 1. The van der Waals surface area contributed by atoms with Crippen LogP contribution in [0.5, 0.6) is 0 Å². The summed E-state index contributed by atoms with van der Waals surface area (Å²) in [6.45, 7) is 13.0. The predicted octanol–water partition coefficient (Wildman–Crippen LogP) is 5.59. The molecular formula is C14H20Cl2. The van der Waals surface area contributed by atoms with E-state index >= 15 is 0 Å². The molecule has 0 saturated carbocycles. The van der Waals surface area contributed by atoms with Gasteiger partial charge in [-0.3, -0.25) is 0 Å². The fourth-order valence-electron chi connectivity index (χ4n) is 1.70. The van der Waals surface area contributed by atoms with Crippen LogP contribution in [0, 0.1) is 0 Å². The van der Waals surface area contributed by atoms with Crippen molar-refractivity contribution in [3.05, 3.63) is 33.3 Å². The lowest BCUT2D eigenvalue weighted by molar-refractivity contribution is 0.569. The van der Waals surface area contributed by atoms with E-state index in [4.69, 9.17) is 23.2 Å². The van der Waals surface area contributed by atoms with Crippen LogP contribution in [0.15, 0.2) is 12.1 Å². The van der Waals surface area contributed by atoms with Gasteiger partial charge in [0, 0.05) is 10.0 Å². The van der Waals surface area contributed by atoms with Crippen LogP contribution in [-0.2, 0) is 10.8 Å². The molecule has 1 rings (SSSR count). The molecule has 2 heteroatoms. The van der Waals surface area contributed by atoms with E-state index in [0.29, 0.717) is 0 Å². The minimum Gasteiger partial charge on any atom is -0.0840 e. The molecule has 0 amide bonds. The molecule has 90 valence electrons. The van der Waals surface area contributed by atoms with E-state index in [2.05, 4.69) is 47.6 Å². The van der Waals surface area contributed by atoms with Crippen molar-refractivity contribution in [1.82, 2.24) is 0 Å². The Kier molecular flexibility index (Phi) is 3.67. The van der Waals surface area contributed by atoms with Gasteiger partial charge in [0.25, 0.3) is 0 Å². The van der Waals surface area contributed by atoms with Crippen molar-refractivity contribution < 1.29 is 0 Å². The second-order valence-electron chi connectivity index (χ2n) is 6.31. The van der Waals surface area contributed by atoms with E-state index in [9.17, 15) is 0 Å². The zero-order chi connectivity index (χ0) is 12.7. The van der Waals surface area contributed by atoms with Gasteiger partial charge in [0.05, 0.1) is 0 Å². The highest BCUT2D eigenvalue weighted by Crippen LogP contribution is 2.38. The number of rotatable bonds is 0. The topological polar surface area (TPSA) is 0 Å². The summed E-state index contributed by atoms with van der Waals surface area (Å²) in [6.07, 6.45) is 0. The van der Waals surface area contributed by atoms with Crippen molar-refractivity contribution in [2.45, 2.75) is 52.4 Å². The van der Waals surface area contributed by atoms with Gasteiger partial charge in [-0.15, -0.1) is 0 Å². The van der Waals surface area contributed by atoms with Crippen LogP contribution < -0.4 is 0 Å². The number of hydrogen-bond donors (Lipinski definition) is 0. The molecule has 0 radical (unpaired) electrons. The normalized spacial score (nSPS) is 13.0. The number of hydrogen-bond acceptors (Lipinski definition) is 0. The van der Waals surface area contributed by atoms with Crippen molar-refractivity contribution in [1.29, 1.82) is 0 Å². The summed E-state index contributed by atoms with van der Waals surface area (Å²) in [6, 6.07) is 4.01. The highest BCUT2D eigenvalue weighted by molar-refractivity contribution is 6.35. The van der Waals surface area contributed by atoms with Gasteiger partial charge >= 0.3 is 0 Å². The Labute approximate surface area is 109 Å². The van der Waals surface area contributed by atoms with Crippen molar-refractivity contribution in [2.75, 3.05) is 0 Å². The standard InChI is InChI=1S/C14H20Cl2/c1-13(2,3)9-7-10(14(4,5)6)12(16)8-11(9)15/h7-8H,1-6H3. The lowest BCUT2D eigenvalue weighted by atomic mass is 9.80. The second-order valence-corrected chi connectivity index (χ2v) is 7.13. The van der Waals surface area contributed by atoms with Gasteiger partial charge in [-0.2, -0.15) is 0 Å². The van der Waals surface area contributed by atoms with Crippen LogP contribution in [0.3, 0.4) is 0 Å². The maximum Gasteiger partial charge on any atom is 0.0458 e. The van der Waals surface area contributed by atoms with E-state index in [-0.39, 0.29) is 10.8 Å². The fraction of sp³-hybridized carbons (Fsp3) is 0.571. The molecule has 0 atom stereocenters. The molecule has 0 heterocycles. The summed E-state index contributed by atoms with van der Waals surface area (Å²) in [7, 11) is 0. The average Bonchev–Trinajstić information content (AvgIpc) is 1.97. The summed E-state index contributed by atoms with van der Waals surface area (Å²) < 4.78 is 0. The zero-order valence-corrected chi connectivity index (χ0v) is 12.4. The number of halogens is 2. The molecule has 0 fully saturated rings. The summed E-state index contributed by atoms with van der Waals surface area (Å²) in [5, 5.41) is 1.51. The lowest BCUT2D eigenvalue weighted by Gasteiger charge is -2.27. The van der Waals surface area contributed by atoms with Crippen LogP contribution in [0.4, 0.5) is 0 Å². The Morgan fingerprint density at radius 3 is 1.25 bits per heavy atom. The van der Waals surface area contributed by atoms with Crippen LogP contribution in [0.1, 0.15) is 52.7 Å². The Bertz CT molecular complexity index is 357. The van der Waals surface area contributed by atoms with E-state index in [1.807, 2.05) is 6.07 Å². The Morgan fingerprint density at radius 2 is 1.00 bits per heavy atom. The Morgan fingerprint density at radius 1 is 0.688 bits per heavy atom. The van der Waals surface area contributed by atoms with Gasteiger partial charge in [0.2, 0.25) is 0 Å².